The van der Waals surface area contributed by atoms with Gasteiger partial charge >= 0.3 is 0 Å². The van der Waals surface area contributed by atoms with Crippen LogP contribution in [0.3, 0.4) is 0 Å². The van der Waals surface area contributed by atoms with Crippen molar-refractivity contribution >= 4 is 5.91 Å². The molecule has 3 nitrogen and oxygen atoms in total. The predicted octanol–water partition coefficient (Wildman–Crippen LogP) is 2.55. The van der Waals surface area contributed by atoms with Crippen molar-refractivity contribution in [3.05, 3.63) is 0 Å². The van der Waals surface area contributed by atoms with E-state index < -0.39 is 5.60 Å². The molecule has 5 atom stereocenters. The van der Waals surface area contributed by atoms with E-state index in [1.807, 2.05) is 6.92 Å². The quantitative estimate of drug-likeness (QED) is 0.768. The maximum Gasteiger partial charge on any atom is 0.254 e. The van der Waals surface area contributed by atoms with Crippen molar-refractivity contribution in [3.63, 3.8) is 0 Å². The monoisotopic (exact) mass is 265 g/mol. The van der Waals surface area contributed by atoms with Crippen LogP contribution >= 0.6 is 0 Å². The van der Waals surface area contributed by atoms with Gasteiger partial charge in [-0.15, -0.1) is 0 Å². The van der Waals surface area contributed by atoms with Gasteiger partial charge in [0, 0.05) is 19.5 Å². The number of hydrogen-bond donors (Lipinski definition) is 0. The molecule has 0 N–H and O–H groups in total. The highest BCUT2D eigenvalue weighted by Crippen LogP contribution is 2.49. The first kappa shape index (κ1) is 13.4. The summed E-state index contributed by atoms with van der Waals surface area (Å²) in [4.78, 5) is 14.6. The normalized spacial score (nSPS) is 45.4. The zero-order chi connectivity index (χ0) is 13.8. The van der Waals surface area contributed by atoms with Crippen LogP contribution in [0.15, 0.2) is 0 Å². The van der Waals surface area contributed by atoms with Gasteiger partial charge in [0.1, 0.15) is 5.60 Å². The average molecular weight is 265 g/mol. The number of ether oxygens (including phenoxy) is 1. The Labute approximate surface area is 116 Å². The molecule has 3 rings (SSSR count). The van der Waals surface area contributed by atoms with Gasteiger partial charge < -0.3 is 9.64 Å². The summed E-state index contributed by atoms with van der Waals surface area (Å²) in [6.07, 6.45) is 2.20. The van der Waals surface area contributed by atoms with Gasteiger partial charge in [0.05, 0.1) is 6.61 Å². The molecule has 3 fully saturated rings. The van der Waals surface area contributed by atoms with E-state index in [9.17, 15) is 4.79 Å². The number of hydrogen-bond acceptors (Lipinski definition) is 2. The number of carbonyl (C=O) groups excluding carboxylic acids is 1. The Kier molecular flexibility index (Phi) is 3.16. The van der Waals surface area contributed by atoms with E-state index in [1.54, 1.807) is 0 Å². The first-order valence-corrected chi connectivity index (χ1v) is 7.85. The number of amides is 1. The summed E-state index contributed by atoms with van der Waals surface area (Å²) in [7, 11) is 0. The van der Waals surface area contributed by atoms with E-state index in [4.69, 9.17) is 4.74 Å². The fraction of sp³-hybridized carbons (Fsp3) is 0.938. The lowest BCUT2D eigenvalue weighted by atomic mass is 9.84. The standard InChI is InChI=1S/C16H27NO2/c1-10(2)13-7-12-8-17(9-14(12)11(13)3)15(18)16(4)5-6-19-16/h10-14H,5-9H2,1-4H3/t11-,12+,13-,14+,16?/m0/s1. The Morgan fingerprint density at radius 2 is 2.05 bits per heavy atom. The van der Waals surface area contributed by atoms with Gasteiger partial charge in [0.15, 0.2) is 0 Å². The molecular weight excluding hydrogens is 238 g/mol. The molecule has 2 heterocycles. The highest BCUT2D eigenvalue weighted by molar-refractivity contribution is 5.86. The van der Waals surface area contributed by atoms with Crippen molar-refractivity contribution < 1.29 is 9.53 Å². The Bertz CT molecular complexity index is 375. The van der Waals surface area contributed by atoms with Crippen LogP contribution in [0.25, 0.3) is 0 Å². The molecule has 0 radical (unpaired) electrons. The van der Waals surface area contributed by atoms with E-state index in [0.717, 1.165) is 55.7 Å². The fourth-order valence-corrected chi connectivity index (χ4v) is 4.58. The number of carbonyl (C=O) groups is 1. The van der Waals surface area contributed by atoms with Crippen molar-refractivity contribution in [3.8, 4) is 0 Å². The molecule has 1 aliphatic carbocycles. The van der Waals surface area contributed by atoms with Gasteiger partial charge in [-0.2, -0.15) is 0 Å². The van der Waals surface area contributed by atoms with Crippen LogP contribution in [0.2, 0.25) is 0 Å². The zero-order valence-electron chi connectivity index (χ0n) is 12.7. The maximum absolute atomic E-state index is 12.5. The lowest BCUT2D eigenvalue weighted by Gasteiger charge is -2.40. The third-order valence-corrected chi connectivity index (χ3v) is 6.01. The van der Waals surface area contributed by atoms with Gasteiger partial charge in [-0.3, -0.25) is 4.79 Å². The van der Waals surface area contributed by atoms with E-state index >= 15 is 0 Å². The first-order chi connectivity index (χ1) is 8.92. The summed E-state index contributed by atoms with van der Waals surface area (Å²) in [6, 6.07) is 0. The SMILES string of the molecule is CC(C)[C@@H]1C[C@@H]2CN(C(=O)C3(C)CCO3)C[C@@H]2[C@H]1C. The molecule has 2 saturated heterocycles. The second kappa shape index (κ2) is 4.47. The maximum atomic E-state index is 12.5. The molecule has 1 amide bonds. The predicted molar refractivity (Wildman–Crippen MR) is 74.6 cm³/mol. The largest absolute Gasteiger partial charge is 0.365 e. The Balaban J connectivity index is 1.65. The molecule has 0 spiro atoms. The van der Waals surface area contributed by atoms with Crippen LogP contribution in [0.1, 0.15) is 40.5 Å². The third kappa shape index (κ3) is 2.01. The Morgan fingerprint density at radius 1 is 1.37 bits per heavy atom. The van der Waals surface area contributed by atoms with Crippen molar-refractivity contribution in [2.24, 2.45) is 29.6 Å². The number of nitrogens with zero attached hydrogens (tertiary/aromatic N) is 1. The molecule has 2 aliphatic heterocycles. The van der Waals surface area contributed by atoms with E-state index in [2.05, 4.69) is 25.7 Å². The van der Waals surface area contributed by atoms with Gasteiger partial charge in [-0.05, 0) is 42.9 Å². The van der Waals surface area contributed by atoms with Crippen LogP contribution in [0.4, 0.5) is 0 Å². The lowest BCUT2D eigenvalue weighted by molar-refractivity contribution is -0.181. The van der Waals surface area contributed by atoms with Crippen LogP contribution in [-0.2, 0) is 9.53 Å². The molecule has 3 heteroatoms. The van der Waals surface area contributed by atoms with E-state index in [1.165, 1.54) is 6.42 Å². The van der Waals surface area contributed by atoms with E-state index in [0.29, 0.717) is 0 Å². The van der Waals surface area contributed by atoms with Crippen molar-refractivity contribution in [1.29, 1.82) is 0 Å². The third-order valence-electron chi connectivity index (χ3n) is 6.01. The average Bonchev–Trinajstić information content (AvgIpc) is 2.85. The van der Waals surface area contributed by atoms with Gasteiger partial charge in [0.25, 0.3) is 5.91 Å². The summed E-state index contributed by atoms with van der Waals surface area (Å²) in [5, 5.41) is 0. The molecule has 3 aliphatic rings. The summed E-state index contributed by atoms with van der Waals surface area (Å²) in [5.74, 6) is 4.08. The fourth-order valence-electron chi connectivity index (χ4n) is 4.58. The Hall–Kier alpha value is -0.570. The lowest BCUT2D eigenvalue weighted by Crippen LogP contribution is -2.54. The molecule has 19 heavy (non-hydrogen) atoms. The summed E-state index contributed by atoms with van der Waals surface area (Å²) in [5.41, 5.74) is -0.501. The van der Waals surface area contributed by atoms with Gasteiger partial charge in [-0.25, -0.2) is 0 Å². The number of rotatable bonds is 2. The van der Waals surface area contributed by atoms with Crippen LogP contribution in [-0.4, -0.2) is 36.1 Å². The molecule has 0 bridgehead atoms. The van der Waals surface area contributed by atoms with Crippen molar-refractivity contribution in [2.75, 3.05) is 19.7 Å². The first-order valence-electron chi connectivity index (χ1n) is 7.85. The molecule has 1 unspecified atom stereocenters. The molecule has 0 aromatic rings. The molecular formula is C16H27NO2. The van der Waals surface area contributed by atoms with Crippen LogP contribution in [0.5, 0.6) is 0 Å². The van der Waals surface area contributed by atoms with Crippen LogP contribution < -0.4 is 0 Å². The smallest absolute Gasteiger partial charge is 0.254 e. The molecule has 0 aromatic carbocycles. The van der Waals surface area contributed by atoms with Gasteiger partial charge in [-0.1, -0.05) is 20.8 Å². The summed E-state index contributed by atoms with van der Waals surface area (Å²) in [6.45, 7) is 11.7. The second-order valence-electron chi connectivity index (χ2n) is 7.47. The number of likely N-dealkylation sites (tertiary alicyclic amines) is 1. The number of fused-ring (bicyclic) bond motifs is 1. The molecule has 108 valence electrons. The summed E-state index contributed by atoms with van der Waals surface area (Å²) < 4.78 is 5.51. The highest BCUT2D eigenvalue weighted by atomic mass is 16.5. The molecule has 0 aromatic heterocycles. The minimum atomic E-state index is -0.501. The van der Waals surface area contributed by atoms with Crippen molar-refractivity contribution in [1.82, 2.24) is 4.90 Å². The highest BCUT2D eigenvalue weighted by Gasteiger charge is 2.51. The zero-order valence-corrected chi connectivity index (χ0v) is 12.7. The van der Waals surface area contributed by atoms with Crippen molar-refractivity contribution in [2.45, 2.75) is 46.1 Å². The van der Waals surface area contributed by atoms with Crippen LogP contribution in [0, 0.1) is 29.6 Å². The minimum Gasteiger partial charge on any atom is -0.365 e. The minimum absolute atomic E-state index is 0.237. The topological polar surface area (TPSA) is 29.5 Å². The van der Waals surface area contributed by atoms with E-state index in [-0.39, 0.29) is 5.91 Å². The molecule has 1 saturated carbocycles. The Morgan fingerprint density at radius 3 is 2.53 bits per heavy atom. The second-order valence-corrected chi connectivity index (χ2v) is 7.47. The van der Waals surface area contributed by atoms with Gasteiger partial charge in [0.2, 0.25) is 0 Å². The summed E-state index contributed by atoms with van der Waals surface area (Å²) >= 11 is 0.